The van der Waals surface area contributed by atoms with Gasteiger partial charge in [0.05, 0.1) is 19.1 Å². The number of hydrogen-bond acceptors (Lipinski definition) is 3. The first-order valence-corrected chi connectivity index (χ1v) is 10.8. The van der Waals surface area contributed by atoms with E-state index in [0.717, 1.165) is 45.0 Å². The van der Waals surface area contributed by atoms with Gasteiger partial charge in [0.15, 0.2) is 5.96 Å². The Bertz CT molecular complexity index is 680. The molecule has 0 spiro atoms. The zero-order chi connectivity index (χ0) is 19.3. The van der Waals surface area contributed by atoms with Crippen molar-refractivity contribution in [3.05, 3.63) is 34.3 Å². The maximum atomic E-state index is 12.0. The second-order valence-electron chi connectivity index (χ2n) is 7.44. The molecule has 1 aliphatic heterocycles. The SMILES string of the molecule is CCNC(=NCC1(c2ccccc2Br)CC1)N1CCC(C(=O)OCC)CC1. The summed E-state index contributed by atoms with van der Waals surface area (Å²) in [7, 11) is 0. The number of aliphatic imine (C=N–C) groups is 1. The van der Waals surface area contributed by atoms with Gasteiger partial charge < -0.3 is 15.0 Å². The Balaban J connectivity index is 1.64. The number of guanidine groups is 1. The summed E-state index contributed by atoms with van der Waals surface area (Å²) in [5, 5.41) is 3.44. The molecule has 1 aromatic rings. The topological polar surface area (TPSA) is 53.9 Å². The zero-order valence-corrected chi connectivity index (χ0v) is 17.9. The molecule has 2 aliphatic rings. The number of halogens is 1. The normalized spacial score (nSPS) is 19.7. The predicted octanol–water partition coefficient (Wildman–Crippen LogP) is 3.72. The van der Waals surface area contributed by atoms with Crippen molar-refractivity contribution in [1.29, 1.82) is 0 Å². The summed E-state index contributed by atoms with van der Waals surface area (Å²) in [6.07, 6.45) is 4.03. The number of rotatable bonds is 6. The lowest BCUT2D eigenvalue weighted by Crippen LogP contribution is -2.47. The van der Waals surface area contributed by atoms with Crippen LogP contribution in [0, 0.1) is 5.92 Å². The summed E-state index contributed by atoms with van der Waals surface area (Å²) in [5.74, 6) is 0.946. The average Bonchev–Trinajstić information content (AvgIpc) is 3.47. The fourth-order valence-corrected chi connectivity index (χ4v) is 4.50. The summed E-state index contributed by atoms with van der Waals surface area (Å²) in [5.41, 5.74) is 1.54. The van der Waals surface area contributed by atoms with Crippen molar-refractivity contribution >= 4 is 27.9 Å². The molecule has 1 aliphatic carbocycles. The third-order valence-corrected chi connectivity index (χ3v) is 6.27. The quantitative estimate of drug-likeness (QED) is 0.420. The minimum absolute atomic E-state index is 0.0270. The first-order valence-electron chi connectivity index (χ1n) is 10.0. The first kappa shape index (κ1) is 20.2. The third-order valence-electron chi connectivity index (χ3n) is 5.58. The Morgan fingerprint density at radius 1 is 1.30 bits per heavy atom. The van der Waals surface area contributed by atoms with Crippen LogP contribution in [0.5, 0.6) is 0 Å². The standard InChI is InChI=1S/C21H30BrN3O2/c1-3-23-20(25-13-9-16(10-14-25)19(26)27-4-2)24-15-21(11-12-21)17-7-5-6-8-18(17)22/h5-8,16H,3-4,9-15H2,1-2H3,(H,23,24). The van der Waals surface area contributed by atoms with Crippen molar-refractivity contribution in [2.45, 2.75) is 44.9 Å². The minimum Gasteiger partial charge on any atom is -0.466 e. The molecule has 27 heavy (non-hydrogen) atoms. The van der Waals surface area contributed by atoms with E-state index in [4.69, 9.17) is 9.73 Å². The Labute approximate surface area is 170 Å². The molecule has 1 saturated carbocycles. The molecule has 0 radical (unpaired) electrons. The number of nitrogens with one attached hydrogen (secondary N) is 1. The van der Waals surface area contributed by atoms with Crippen LogP contribution in [-0.2, 0) is 14.9 Å². The Hall–Kier alpha value is -1.56. The van der Waals surface area contributed by atoms with Crippen molar-refractivity contribution in [2.75, 3.05) is 32.8 Å². The fraction of sp³-hybridized carbons (Fsp3) is 0.619. The van der Waals surface area contributed by atoms with Gasteiger partial charge in [0.1, 0.15) is 0 Å². The van der Waals surface area contributed by atoms with Crippen LogP contribution in [0.2, 0.25) is 0 Å². The van der Waals surface area contributed by atoms with E-state index in [-0.39, 0.29) is 17.3 Å². The number of piperidine rings is 1. The summed E-state index contributed by atoms with van der Waals surface area (Å²) in [4.78, 5) is 19.2. The maximum absolute atomic E-state index is 12.0. The molecule has 1 N–H and O–H groups in total. The van der Waals surface area contributed by atoms with Crippen molar-refractivity contribution in [2.24, 2.45) is 10.9 Å². The largest absolute Gasteiger partial charge is 0.466 e. The number of esters is 1. The summed E-state index contributed by atoms with van der Waals surface area (Å²) in [6, 6.07) is 8.49. The van der Waals surface area contributed by atoms with Crippen LogP contribution in [0.4, 0.5) is 0 Å². The molecule has 148 valence electrons. The molecule has 0 bridgehead atoms. The molecule has 6 heteroatoms. The van der Waals surface area contributed by atoms with Gasteiger partial charge in [-0.25, -0.2) is 0 Å². The molecule has 2 fully saturated rings. The van der Waals surface area contributed by atoms with Crippen LogP contribution in [-0.4, -0.2) is 49.6 Å². The van der Waals surface area contributed by atoms with Crippen molar-refractivity contribution in [1.82, 2.24) is 10.2 Å². The number of hydrogen-bond donors (Lipinski definition) is 1. The van der Waals surface area contributed by atoms with Gasteiger partial charge in [0.2, 0.25) is 0 Å². The fourth-order valence-electron chi connectivity index (χ4n) is 3.79. The van der Waals surface area contributed by atoms with Crippen LogP contribution in [0.25, 0.3) is 0 Å². The van der Waals surface area contributed by atoms with E-state index in [9.17, 15) is 4.79 Å². The molecule has 3 rings (SSSR count). The minimum atomic E-state index is -0.0510. The number of benzene rings is 1. The molecule has 5 nitrogen and oxygen atoms in total. The molecule has 1 saturated heterocycles. The van der Waals surface area contributed by atoms with Gasteiger partial charge in [-0.15, -0.1) is 0 Å². The lowest BCUT2D eigenvalue weighted by Gasteiger charge is -2.33. The Kier molecular flexibility index (Phi) is 6.79. The van der Waals surface area contributed by atoms with Gasteiger partial charge in [-0.2, -0.15) is 0 Å². The second kappa shape index (κ2) is 9.09. The van der Waals surface area contributed by atoms with E-state index in [0.29, 0.717) is 6.61 Å². The monoisotopic (exact) mass is 435 g/mol. The van der Waals surface area contributed by atoms with Crippen LogP contribution in [0.15, 0.2) is 33.7 Å². The van der Waals surface area contributed by atoms with Crippen LogP contribution in [0.3, 0.4) is 0 Å². The van der Waals surface area contributed by atoms with Crippen LogP contribution < -0.4 is 5.32 Å². The summed E-state index contributed by atoms with van der Waals surface area (Å²) < 4.78 is 6.36. The number of carbonyl (C=O) groups is 1. The van der Waals surface area contributed by atoms with Crippen molar-refractivity contribution < 1.29 is 9.53 Å². The van der Waals surface area contributed by atoms with Gasteiger partial charge in [0, 0.05) is 29.5 Å². The van der Waals surface area contributed by atoms with Gasteiger partial charge in [-0.1, -0.05) is 34.1 Å². The molecule has 0 amide bonds. The summed E-state index contributed by atoms with van der Waals surface area (Å²) >= 11 is 3.70. The molecule has 1 heterocycles. The van der Waals surface area contributed by atoms with E-state index < -0.39 is 0 Å². The molecule has 0 aromatic heterocycles. The van der Waals surface area contributed by atoms with E-state index in [1.54, 1.807) is 0 Å². The van der Waals surface area contributed by atoms with E-state index in [2.05, 4.69) is 57.3 Å². The molecular weight excluding hydrogens is 406 g/mol. The second-order valence-corrected chi connectivity index (χ2v) is 8.30. The number of likely N-dealkylation sites (tertiary alicyclic amines) is 1. The lowest BCUT2D eigenvalue weighted by atomic mass is 9.96. The van der Waals surface area contributed by atoms with Crippen LogP contribution >= 0.6 is 15.9 Å². The van der Waals surface area contributed by atoms with Crippen molar-refractivity contribution in [3.63, 3.8) is 0 Å². The van der Waals surface area contributed by atoms with E-state index in [1.165, 1.54) is 22.9 Å². The van der Waals surface area contributed by atoms with Gasteiger partial charge in [-0.3, -0.25) is 9.79 Å². The first-order chi connectivity index (χ1) is 13.1. The van der Waals surface area contributed by atoms with E-state index >= 15 is 0 Å². The molecular formula is C21H30BrN3O2. The summed E-state index contributed by atoms with van der Waals surface area (Å²) in [6.45, 7) is 7.76. The zero-order valence-electron chi connectivity index (χ0n) is 16.3. The molecule has 1 aromatic carbocycles. The van der Waals surface area contributed by atoms with Gasteiger partial charge >= 0.3 is 5.97 Å². The highest BCUT2D eigenvalue weighted by Crippen LogP contribution is 2.50. The number of nitrogens with zero attached hydrogens (tertiary/aromatic N) is 2. The highest BCUT2D eigenvalue weighted by Gasteiger charge is 2.45. The van der Waals surface area contributed by atoms with Gasteiger partial charge in [-0.05, 0) is 51.2 Å². The van der Waals surface area contributed by atoms with Crippen LogP contribution in [0.1, 0.15) is 45.1 Å². The maximum Gasteiger partial charge on any atom is 0.309 e. The lowest BCUT2D eigenvalue weighted by molar-refractivity contribution is -0.149. The average molecular weight is 436 g/mol. The van der Waals surface area contributed by atoms with E-state index in [1.807, 2.05) is 6.92 Å². The highest BCUT2D eigenvalue weighted by atomic mass is 79.9. The molecule has 0 unspecified atom stereocenters. The molecule has 0 atom stereocenters. The third kappa shape index (κ3) is 4.84. The van der Waals surface area contributed by atoms with Gasteiger partial charge in [0.25, 0.3) is 0 Å². The predicted molar refractivity (Wildman–Crippen MR) is 112 cm³/mol. The highest BCUT2D eigenvalue weighted by molar-refractivity contribution is 9.10. The Morgan fingerprint density at radius 3 is 2.59 bits per heavy atom. The Morgan fingerprint density at radius 2 is 2.00 bits per heavy atom. The smallest absolute Gasteiger partial charge is 0.309 e. The number of ether oxygens (including phenoxy) is 1. The van der Waals surface area contributed by atoms with Crippen molar-refractivity contribution in [3.8, 4) is 0 Å². The number of carbonyl (C=O) groups excluding carboxylic acids is 1.